The zero-order chi connectivity index (χ0) is 17.4. The van der Waals surface area contributed by atoms with E-state index >= 15 is 0 Å². The second-order valence-corrected chi connectivity index (χ2v) is 8.04. The second kappa shape index (κ2) is 6.77. The number of urea groups is 1. The third-order valence-corrected chi connectivity index (χ3v) is 6.58. The molecule has 2 N–H and O–H groups in total. The third-order valence-electron chi connectivity index (χ3n) is 6.58. The molecule has 2 aliphatic carbocycles. The molecule has 1 aromatic carbocycles. The first-order valence-corrected chi connectivity index (χ1v) is 9.70. The van der Waals surface area contributed by atoms with Gasteiger partial charge in [0, 0.05) is 32.2 Å². The Kier molecular flexibility index (Phi) is 4.48. The number of hydrogen-bond acceptors (Lipinski definition) is 3. The normalized spacial score (nSPS) is 29.7. The predicted octanol–water partition coefficient (Wildman–Crippen LogP) is 3.05. The van der Waals surface area contributed by atoms with Crippen molar-refractivity contribution in [3.05, 3.63) is 24.3 Å². The van der Waals surface area contributed by atoms with Gasteiger partial charge in [0.25, 0.3) is 0 Å². The summed E-state index contributed by atoms with van der Waals surface area (Å²) in [4.78, 5) is 16.7. The minimum Gasteiger partial charge on any atom is -0.506 e. The molecule has 136 valence electrons. The molecule has 4 rings (SSSR count). The molecule has 0 spiro atoms. The fourth-order valence-corrected chi connectivity index (χ4v) is 5.18. The van der Waals surface area contributed by atoms with E-state index in [1.54, 1.807) is 6.07 Å². The summed E-state index contributed by atoms with van der Waals surface area (Å²) in [5.41, 5.74) is 0.859. The molecule has 1 aromatic rings. The molecule has 0 aromatic heterocycles. The van der Waals surface area contributed by atoms with Crippen molar-refractivity contribution in [2.45, 2.75) is 38.6 Å². The number of anilines is 1. The molecule has 2 bridgehead atoms. The Morgan fingerprint density at radius 2 is 1.92 bits per heavy atom. The molecule has 2 saturated carbocycles. The third kappa shape index (κ3) is 3.29. The van der Waals surface area contributed by atoms with Crippen LogP contribution in [0.5, 0.6) is 5.75 Å². The summed E-state index contributed by atoms with van der Waals surface area (Å²) in [5, 5.41) is 13.3. The van der Waals surface area contributed by atoms with Gasteiger partial charge >= 0.3 is 6.03 Å². The SMILES string of the molecule is C[C@H](NC(=O)N1CCN(c2ccccc2O)CC1)[C@H]1C[C@H]2CC[C@H]1C2. The Balaban J connectivity index is 1.29. The maximum atomic E-state index is 12.6. The fraction of sp³-hybridized carbons (Fsp3) is 0.650. The number of piperazine rings is 1. The molecule has 0 radical (unpaired) electrons. The molecule has 2 amide bonds. The van der Waals surface area contributed by atoms with E-state index in [1.807, 2.05) is 23.1 Å². The molecular weight excluding hydrogens is 314 g/mol. The van der Waals surface area contributed by atoms with Crippen molar-refractivity contribution in [2.24, 2.45) is 17.8 Å². The molecule has 3 aliphatic rings. The van der Waals surface area contributed by atoms with Gasteiger partial charge in [0.05, 0.1) is 5.69 Å². The molecule has 1 heterocycles. The number of nitrogens with zero attached hydrogens (tertiary/aromatic N) is 2. The van der Waals surface area contributed by atoms with Crippen LogP contribution in [-0.4, -0.2) is 48.3 Å². The van der Waals surface area contributed by atoms with E-state index in [2.05, 4.69) is 17.1 Å². The second-order valence-electron chi connectivity index (χ2n) is 8.04. The maximum Gasteiger partial charge on any atom is 0.317 e. The van der Waals surface area contributed by atoms with Gasteiger partial charge in [0.1, 0.15) is 5.75 Å². The smallest absolute Gasteiger partial charge is 0.317 e. The molecule has 5 heteroatoms. The van der Waals surface area contributed by atoms with Crippen LogP contribution in [0.1, 0.15) is 32.6 Å². The lowest BCUT2D eigenvalue weighted by molar-refractivity contribution is 0.179. The Morgan fingerprint density at radius 1 is 1.16 bits per heavy atom. The van der Waals surface area contributed by atoms with E-state index in [9.17, 15) is 9.90 Å². The van der Waals surface area contributed by atoms with E-state index in [1.165, 1.54) is 25.7 Å². The van der Waals surface area contributed by atoms with Crippen molar-refractivity contribution >= 4 is 11.7 Å². The highest BCUT2D eigenvalue weighted by molar-refractivity contribution is 5.75. The minimum atomic E-state index is 0.0761. The van der Waals surface area contributed by atoms with Gasteiger partial charge in [-0.25, -0.2) is 4.79 Å². The Bertz CT molecular complexity index is 627. The molecule has 4 atom stereocenters. The molecule has 3 fully saturated rings. The molecule has 1 saturated heterocycles. The van der Waals surface area contributed by atoms with Crippen LogP contribution in [-0.2, 0) is 0 Å². The van der Waals surface area contributed by atoms with Crippen molar-refractivity contribution < 1.29 is 9.90 Å². The highest BCUT2D eigenvalue weighted by Gasteiger charge is 2.42. The summed E-state index contributed by atoms with van der Waals surface area (Å²) in [6.45, 7) is 5.09. The van der Waals surface area contributed by atoms with Crippen LogP contribution in [0.4, 0.5) is 10.5 Å². The van der Waals surface area contributed by atoms with E-state index in [4.69, 9.17) is 0 Å². The Labute approximate surface area is 150 Å². The van der Waals surface area contributed by atoms with Gasteiger partial charge in [-0.3, -0.25) is 0 Å². The molecule has 5 nitrogen and oxygen atoms in total. The average molecular weight is 343 g/mol. The van der Waals surface area contributed by atoms with Crippen molar-refractivity contribution in [3.63, 3.8) is 0 Å². The maximum absolute atomic E-state index is 12.6. The molecule has 0 unspecified atom stereocenters. The van der Waals surface area contributed by atoms with Crippen LogP contribution in [0.3, 0.4) is 0 Å². The van der Waals surface area contributed by atoms with Crippen molar-refractivity contribution in [3.8, 4) is 5.75 Å². The van der Waals surface area contributed by atoms with Crippen LogP contribution in [0.15, 0.2) is 24.3 Å². The molecule has 25 heavy (non-hydrogen) atoms. The predicted molar refractivity (Wildman–Crippen MR) is 98.8 cm³/mol. The van der Waals surface area contributed by atoms with E-state index in [0.717, 1.165) is 30.6 Å². The van der Waals surface area contributed by atoms with Crippen LogP contribution in [0.25, 0.3) is 0 Å². The van der Waals surface area contributed by atoms with Gasteiger partial charge in [0.15, 0.2) is 0 Å². The number of aromatic hydroxyl groups is 1. The van der Waals surface area contributed by atoms with Crippen molar-refractivity contribution in [2.75, 3.05) is 31.1 Å². The number of carbonyl (C=O) groups is 1. The lowest BCUT2D eigenvalue weighted by Crippen LogP contribution is -2.54. The van der Waals surface area contributed by atoms with E-state index < -0.39 is 0 Å². The summed E-state index contributed by atoms with van der Waals surface area (Å²) in [6.07, 6.45) is 5.43. The van der Waals surface area contributed by atoms with Gasteiger partial charge in [-0.15, -0.1) is 0 Å². The Morgan fingerprint density at radius 3 is 2.56 bits per heavy atom. The number of phenolic OH excluding ortho intramolecular Hbond substituents is 1. The summed E-state index contributed by atoms with van der Waals surface area (Å²) < 4.78 is 0. The summed E-state index contributed by atoms with van der Waals surface area (Å²) >= 11 is 0. The van der Waals surface area contributed by atoms with Gasteiger partial charge < -0.3 is 20.2 Å². The van der Waals surface area contributed by atoms with Crippen LogP contribution in [0, 0.1) is 17.8 Å². The Hall–Kier alpha value is -1.91. The zero-order valence-electron chi connectivity index (χ0n) is 15.0. The molecular formula is C20H29N3O2. The van der Waals surface area contributed by atoms with E-state index in [-0.39, 0.29) is 12.1 Å². The fourth-order valence-electron chi connectivity index (χ4n) is 5.18. The first-order valence-electron chi connectivity index (χ1n) is 9.70. The first kappa shape index (κ1) is 16.6. The van der Waals surface area contributed by atoms with Crippen LogP contribution < -0.4 is 10.2 Å². The van der Waals surface area contributed by atoms with Crippen molar-refractivity contribution in [1.29, 1.82) is 0 Å². The van der Waals surface area contributed by atoms with Gasteiger partial charge in [-0.1, -0.05) is 18.6 Å². The van der Waals surface area contributed by atoms with Crippen LogP contribution in [0.2, 0.25) is 0 Å². The van der Waals surface area contributed by atoms with Gasteiger partial charge in [0.2, 0.25) is 0 Å². The lowest BCUT2D eigenvalue weighted by Gasteiger charge is -2.37. The monoisotopic (exact) mass is 343 g/mol. The summed E-state index contributed by atoms with van der Waals surface area (Å²) in [7, 11) is 0. The number of benzene rings is 1. The summed E-state index contributed by atoms with van der Waals surface area (Å²) in [6, 6.07) is 7.77. The number of rotatable bonds is 3. The number of nitrogens with one attached hydrogen (secondary N) is 1. The average Bonchev–Trinajstić information content (AvgIpc) is 3.26. The standard InChI is InChI=1S/C20H29N3O2/c1-14(17-13-15-6-7-16(17)12-15)21-20(25)23-10-8-22(9-11-23)18-4-2-3-5-19(18)24/h2-5,14-17,24H,6-13H2,1H3,(H,21,25)/t14-,15-,16-,17+/m0/s1. The minimum absolute atomic E-state index is 0.0761. The summed E-state index contributed by atoms with van der Waals surface area (Å²) in [5.74, 6) is 2.73. The quantitative estimate of drug-likeness (QED) is 0.887. The highest BCUT2D eigenvalue weighted by Crippen LogP contribution is 2.49. The van der Waals surface area contributed by atoms with E-state index in [0.29, 0.717) is 24.8 Å². The van der Waals surface area contributed by atoms with Gasteiger partial charge in [-0.05, 0) is 56.1 Å². The largest absolute Gasteiger partial charge is 0.506 e. The van der Waals surface area contributed by atoms with Crippen molar-refractivity contribution in [1.82, 2.24) is 10.2 Å². The molecule has 1 aliphatic heterocycles. The highest BCUT2D eigenvalue weighted by atomic mass is 16.3. The number of hydrogen-bond donors (Lipinski definition) is 2. The number of fused-ring (bicyclic) bond motifs is 2. The number of para-hydroxylation sites is 2. The van der Waals surface area contributed by atoms with Crippen LogP contribution >= 0.6 is 0 Å². The lowest BCUT2D eigenvalue weighted by atomic mass is 9.84. The first-order chi connectivity index (χ1) is 12.1. The number of carbonyl (C=O) groups excluding carboxylic acids is 1. The zero-order valence-corrected chi connectivity index (χ0v) is 15.0. The van der Waals surface area contributed by atoms with Gasteiger partial charge in [-0.2, -0.15) is 0 Å². The topological polar surface area (TPSA) is 55.8 Å². The number of phenols is 1. The number of amides is 2.